The van der Waals surface area contributed by atoms with E-state index < -0.39 is 0 Å². The first-order valence-corrected chi connectivity index (χ1v) is 16.0. The first-order valence-electron chi connectivity index (χ1n) is 16.0. The number of nitrogens with one attached hydrogen (secondary N) is 1. The van der Waals surface area contributed by atoms with Crippen molar-refractivity contribution in [3.63, 3.8) is 0 Å². The van der Waals surface area contributed by atoms with Gasteiger partial charge in [-0.2, -0.15) is 5.26 Å². The number of hydrogen-bond acceptors (Lipinski definition) is 4. The molecule has 0 bridgehead atoms. The van der Waals surface area contributed by atoms with Gasteiger partial charge in [0, 0.05) is 11.1 Å². The van der Waals surface area contributed by atoms with E-state index >= 15 is 0 Å². The molecule has 0 aliphatic carbocycles. The summed E-state index contributed by atoms with van der Waals surface area (Å²) in [6.07, 6.45) is -0.247. The normalized spacial score (nSPS) is 14.0. The van der Waals surface area contributed by atoms with Crippen molar-refractivity contribution >= 4 is 22.4 Å². The first-order chi connectivity index (χ1) is 23.7. The summed E-state index contributed by atoms with van der Waals surface area (Å²) in [4.78, 5) is 10.0. The summed E-state index contributed by atoms with van der Waals surface area (Å²) in [6, 6.07) is 60.6. The van der Waals surface area contributed by atoms with E-state index in [1.54, 1.807) is 0 Å². The Kier molecular flexibility index (Phi) is 7.62. The summed E-state index contributed by atoms with van der Waals surface area (Å²) < 4.78 is 0. The lowest BCUT2D eigenvalue weighted by molar-refractivity contribution is 0.674. The summed E-state index contributed by atoms with van der Waals surface area (Å²) >= 11 is 0. The van der Waals surface area contributed by atoms with Gasteiger partial charge < -0.3 is 5.32 Å². The molecule has 4 heteroatoms. The molecule has 0 spiro atoms. The number of rotatable bonds is 6. The topological polar surface area (TPSA) is 60.5 Å². The van der Waals surface area contributed by atoms with Crippen LogP contribution in [0.5, 0.6) is 0 Å². The van der Waals surface area contributed by atoms with E-state index in [0.29, 0.717) is 11.4 Å². The number of hydrogen-bond donors (Lipinski definition) is 1. The van der Waals surface area contributed by atoms with Crippen LogP contribution < -0.4 is 5.32 Å². The average molecular weight is 615 g/mol. The third-order valence-electron chi connectivity index (χ3n) is 8.82. The molecule has 1 heterocycles. The van der Waals surface area contributed by atoms with Crippen LogP contribution in [0.3, 0.4) is 0 Å². The summed E-state index contributed by atoms with van der Waals surface area (Å²) in [7, 11) is 0. The molecule has 0 radical (unpaired) electrons. The van der Waals surface area contributed by atoms with Crippen molar-refractivity contribution in [1.82, 2.24) is 5.32 Å². The van der Waals surface area contributed by atoms with E-state index in [1.165, 1.54) is 16.3 Å². The maximum absolute atomic E-state index is 9.66. The van der Waals surface area contributed by atoms with Gasteiger partial charge in [-0.15, -0.1) is 0 Å². The highest BCUT2D eigenvalue weighted by Gasteiger charge is 2.21. The smallest absolute Gasteiger partial charge is 0.159 e. The standard InChI is InChI=1S/C44H30N4/c45-29-37-16-8-9-17-38(37)31-19-23-33(24-20-31)41-39-18-10-7-11-30(39)27-28-40(41)32-21-25-36(26-22-32)44-47-42(34-12-3-1-4-13-34)46-43(48-44)35-14-5-2-6-15-35/h1-28,42H,(H,46,47,48). The van der Waals surface area contributed by atoms with E-state index in [0.717, 1.165) is 50.3 Å². The Morgan fingerprint density at radius 3 is 1.85 bits per heavy atom. The molecule has 7 aromatic rings. The van der Waals surface area contributed by atoms with Crippen LogP contribution in [-0.4, -0.2) is 11.7 Å². The van der Waals surface area contributed by atoms with Crippen molar-refractivity contribution in [3.8, 4) is 39.4 Å². The molecule has 226 valence electrons. The predicted octanol–water partition coefficient (Wildman–Crippen LogP) is 10.2. The number of amidine groups is 2. The van der Waals surface area contributed by atoms with Gasteiger partial charge in [0.05, 0.1) is 11.6 Å². The summed E-state index contributed by atoms with van der Waals surface area (Å²) in [6.45, 7) is 0. The third-order valence-corrected chi connectivity index (χ3v) is 8.82. The number of nitrogens with zero attached hydrogens (tertiary/aromatic N) is 3. The van der Waals surface area contributed by atoms with Crippen LogP contribution in [-0.2, 0) is 0 Å². The highest BCUT2D eigenvalue weighted by molar-refractivity contribution is 6.13. The molecule has 0 saturated heterocycles. The van der Waals surface area contributed by atoms with E-state index in [4.69, 9.17) is 9.98 Å². The second kappa shape index (κ2) is 12.7. The zero-order valence-corrected chi connectivity index (χ0v) is 26.1. The Morgan fingerprint density at radius 1 is 0.500 bits per heavy atom. The Labute approximate surface area is 280 Å². The van der Waals surface area contributed by atoms with Crippen LogP contribution in [0.1, 0.15) is 28.4 Å². The summed E-state index contributed by atoms with van der Waals surface area (Å²) in [5.74, 6) is 1.50. The number of aliphatic imine (C=N–C) groups is 2. The Hall–Kier alpha value is -6.57. The highest BCUT2D eigenvalue weighted by atomic mass is 15.2. The Balaban J connectivity index is 1.19. The minimum atomic E-state index is -0.247. The first kappa shape index (κ1) is 28.9. The fraction of sp³-hybridized carbons (Fsp3) is 0.0227. The molecule has 1 atom stereocenters. The monoisotopic (exact) mass is 614 g/mol. The minimum Gasteiger partial charge on any atom is -0.344 e. The molecule has 1 unspecified atom stereocenters. The summed E-state index contributed by atoms with van der Waals surface area (Å²) in [5.41, 5.74) is 10.2. The van der Waals surface area contributed by atoms with E-state index in [-0.39, 0.29) is 6.17 Å². The van der Waals surface area contributed by atoms with Gasteiger partial charge in [-0.05, 0) is 55.8 Å². The van der Waals surface area contributed by atoms with Crippen LogP contribution in [0.25, 0.3) is 44.2 Å². The van der Waals surface area contributed by atoms with Gasteiger partial charge in [-0.25, -0.2) is 9.98 Å². The largest absolute Gasteiger partial charge is 0.344 e. The van der Waals surface area contributed by atoms with Gasteiger partial charge in [0.1, 0.15) is 12.0 Å². The van der Waals surface area contributed by atoms with Crippen molar-refractivity contribution in [2.75, 3.05) is 0 Å². The van der Waals surface area contributed by atoms with Crippen molar-refractivity contribution in [3.05, 3.63) is 192 Å². The van der Waals surface area contributed by atoms with Gasteiger partial charge in [0.25, 0.3) is 0 Å². The van der Waals surface area contributed by atoms with E-state index in [2.05, 4.69) is 121 Å². The van der Waals surface area contributed by atoms with Crippen LogP contribution in [0.15, 0.2) is 180 Å². The minimum absolute atomic E-state index is 0.247. The van der Waals surface area contributed by atoms with Crippen LogP contribution in [0, 0.1) is 11.3 Å². The van der Waals surface area contributed by atoms with Crippen LogP contribution in [0.4, 0.5) is 0 Å². The molecule has 0 saturated carbocycles. The van der Waals surface area contributed by atoms with Gasteiger partial charge >= 0.3 is 0 Å². The van der Waals surface area contributed by atoms with Crippen molar-refractivity contribution in [1.29, 1.82) is 5.26 Å². The third kappa shape index (κ3) is 5.55. The van der Waals surface area contributed by atoms with E-state index in [9.17, 15) is 5.26 Å². The molecule has 4 nitrogen and oxygen atoms in total. The Bertz CT molecular complexity index is 2350. The van der Waals surface area contributed by atoms with Gasteiger partial charge in [-0.3, -0.25) is 0 Å². The van der Waals surface area contributed by atoms with E-state index in [1.807, 2.05) is 60.7 Å². The zero-order chi connectivity index (χ0) is 32.3. The lowest BCUT2D eigenvalue weighted by Crippen LogP contribution is -2.33. The molecule has 7 aromatic carbocycles. The van der Waals surface area contributed by atoms with Crippen LogP contribution in [0.2, 0.25) is 0 Å². The highest BCUT2D eigenvalue weighted by Crippen LogP contribution is 2.39. The second-order valence-corrected chi connectivity index (χ2v) is 11.8. The molecule has 1 aliphatic rings. The molecular formula is C44H30N4. The second-order valence-electron chi connectivity index (χ2n) is 11.8. The van der Waals surface area contributed by atoms with Gasteiger partial charge in [0.2, 0.25) is 0 Å². The number of fused-ring (bicyclic) bond motifs is 1. The predicted molar refractivity (Wildman–Crippen MR) is 197 cm³/mol. The SMILES string of the molecule is N#Cc1ccccc1-c1ccc(-c2c(-c3ccc(C4=NC(c5ccccc5)NC(c5ccccc5)=N4)cc3)ccc3ccccc23)cc1. The number of benzene rings is 7. The fourth-order valence-corrected chi connectivity index (χ4v) is 6.40. The van der Waals surface area contributed by atoms with Gasteiger partial charge in [-0.1, -0.05) is 164 Å². The maximum atomic E-state index is 9.66. The van der Waals surface area contributed by atoms with Crippen molar-refractivity contribution in [2.24, 2.45) is 9.98 Å². The quantitative estimate of drug-likeness (QED) is 0.203. The lowest BCUT2D eigenvalue weighted by Gasteiger charge is -2.23. The summed E-state index contributed by atoms with van der Waals surface area (Å²) in [5, 5.41) is 15.6. The molecule has 0 aromatic heterocycles. The molecule has 0 fully saturated rings. The lowest BCUT2D eigenvalue weighted by atomic mass is 9.88. The van der Waals surface area contributed by atoms with Gasteiger partial charge in [0.15, 0.2) is 5.84 Å². The Morgan fingerprint density at radius 2 is 1.10 bits per heavy atom. The number of nitriles is 1. The zero-order valence-electron chi connectivity index (χ0n) is 26.1. The average Bonchev–Trinajstić information content (AvgIpc) is 3.18. The molecular weight excluding hydrogens is 585 g/mol. The van der Waals surface area contributed by atoms with Crippen molar-refractivity contribution in [2.45, 2.75) is 6.17 Å². The molecule has 48 heavy (non-hydrogen) atoms. The van der Waals surface area contributed by atoms with Crippen LogP contribution >= 0.6 is 0 Å². The fourth-order valence-electron chi connectivity index (χ4n) is 6.40. The molecule has 1 aliphatic heterocycles. The van der Waals surface area contributed by atoms with Crippen molar-refractivity contribution < 1.29 is 0 Å². The molecule has 8 rings (SSSR count). The molecule has 0 amide bonds. The maximum Gasteiger partial charge on any atom is 0.159 e. The molecule has 1 N–H and O–H groups in total.